The van der Waals surface area contributed by atoms with Gasteiger partial charge in [0.2, 0.25) is 10.0 Å². The summed E-state index contributed by atoms with van der Waals surface area (Å²) in [4.78, 5) is 0.0360. The van der Waals surface area contributed by atoms with Crippen molar-refractivity contribution in [3.05, 3.63) is 72.1 Å². The van der Waals surface area contributed by atoms with Gasteiger partial charge < -0.3 is 9.47 Å². The molecule has 3 rings (SSSR count). The van der Waals surface area contributed by atoms with Gasteiger partial charge in [0.25, 0.3) is 0 Å². The fourth-order valence-corrected chi connectivity index (χ4v) is 3.89. The molecule has 142 valence electrons. The van der Waals surface area contributed by atoms with Gasteiger partial charge in [-0.3, -0.25) is 4.68 Å². The SMILES string of the molecule is COc1ccc(OC)c(S(=O)(=O)NCc2ccccc2Cn2cccn2)c1. The molecule has 8 heteroatoms. The average Bonchev–Trinajstić information content (AvgIpc) is 3.20. The van der Waals surface area contributed by atoms with Gasteiger partial charge in [-0.15, -0.1) is 0 Å². The van der Waals surface area contributed by atoms with Crippen LogP contribution in [0.3, 0.4) is 0 Å². The van der Waals surface area contributed by atoms with Crippen LogP contribution in [0, 0.1) is 0 Å². The van der Waals surface area contributed by atoms with Gasteiger partial charge in [-0.2, -0.15) is 5.10 Å². The number of nitrogens with zero attached hydrogens (tertiary/aromatic N) is 2. The van der Waals surface area contributed by atoms with Crippen LogP contribution in [0.1, 0.15) is 11.1 Å². The maximum Gasteiger partial charge on any atom is 0.244 e. The van der Waals surface area contributed by atoms with Crippen LogP contribution >= 0.6 is 0 Å². The van der Waals surface area contributed by atoms with Crippen molar-refractivity contribution in [1.29, 1.82) is 0 Å². The minimum Gasteiger partial charge on any atom is -0.497 e. The Labute approximate surface area is 158 Å². The molecule has 0 unspecified atom stereocenters. The molecule has 1 aromatic heterocycles. The number of rotatable bonds is 8. The third kappa shape index (κ3) is 4.47. The van der Waals surface area contributed by atoms with Crippen molar-refractivity contribution in [3.63, 3.8) is 0 Å². The highest BCUT2D eigenvalue weighted by molar-refractivity contribution is 7.89. The summed E-state index contributed by atoms with van der Waals surface area (Å²) in [6.07, 6.45) is 3.57. The van der Waals surface area contributed by atoms with E-state index >= 15 is 0 Å². The van der Waals surface area contributed by atoms with Gasteiger partial charge >= 0.3 is 0 Å². The summed E-state index contributed by atoms with van der Waals surface area (Å²) in [7, 11) is -0.876. The summed E-state index contributed by atoms with van der Waals surface area (Å²) in [5, 5.41) is 4.20. The summed E-state index contributed by atoms with van der Waals surface area (Å²) >= 11 is 0. The molecule has 3 aromatic rings. The summed E-state index contributed by atoms with van der Waals surface area (Å²) in [6, 6.07) is 14.2. The smallest absolute Gasteiger partial charge is 0.244 e. The zero-order valence-corrected chi connectivity index (χ0v) is 15.9. The largest absolute Gasteiger partial charge is 0.497 e. The first-order valence-corrected chi connectivity index (χ1v) is 9.77. The van der Waals surface area contributed by atoms with Gasteiger partial charge in [0.15, 0.2) is 0 Å². The van der Waals surface area contributed by atoms with Crippen LogP contribution in [-0.2, 0) is 23.1 Å². The second kappa shape index (κ2) is 8.24. The molecule has 0 bridgehead atoms. The Morgan fingerprint density at radius 1 is 1.04 bits per heavy atom. The molecule has 0 radical (unpaired) electrons. The summed E-state index contributed by atoms with van der Waals surface area (Å²) in [5.74, 6) is 0.698. The quantitative estimate of drug-likeness (QED) is 0.642. The highest BCUT2D eigenvalue weighted by Gasteiger charge is 2.20. The van der Waals surface area contributed by atoms with E-state index in [1.54, 1.807) is 23.0 Å². The fourth-order valence-electron chi connectivity index (χ4n) is 2.70. The zero-order chi connectivity index (χ0) is 19.3. The number of hydrogen-bond donors (Lipinski definition) is 1. The zero-order valence-electron chi connectivity index (χ0n) is 15.1. The first kappa shape index (κ1) is 18.9. The third-order valence-electron chi connectivity index (χ3n) is 4.12. The Balaban J connectivity index is 1.82. The van der Waals surface area contributed by atoms with Crippen molar-refractivity contribution in [1.82, 2.24) is 14.5 Å². The van der Waals surface area contributed by atoms with E-state index in [9.17, 15) is 8.42 Å². The molecule has 27 heavy (non-hydrogen) atoms. The van der Waals surface area contributed by atoms with Crippen LogP contribution in [0.15, 0.2) is 65.8 Å². The highest BCUT2D eigenvalue weighted by Crippen LogP contribution is 2.28. The second-order valence-corrected chi connectivity index (χ2v) is 7.55. The predicted octanol–water partition coefficient (Wildman–Crippen LogP) is 2.43. The summed E-state index contributed by atoms with van der Waals surface area (Å²) in [6.45, 7) is 0.716. The van der Waals surface area contributed by atoms with Crippen LogP contribution in [0.5, 0.6) is 11.5 Å². The Bertz CT molecular complexity index is 1000. The molecular formula is C19H21N3O4S. The summed E-state index contributed by atoms with van der Waals surface area (Å²) in [5.41, 5.74) is 1.86. The molecule has 2 aromatic carbocycles. The van der Waals surface area contributed by atoms with Crippen LogP contribution in [0.2, 0.25) is 0 Å². The molecule has 0 atom stereocenters. The maximum absolute atomic E-state index is 12.8. The monoisotopic (exact) mass is 387 g/mol. The van der Waals surface area contributed by atoms with Gasteiger partial charge in [0.05, 0.1) is 20.8 Å². The normalized spacial score (nSPS) is 11.3. The van der Waals surface area contributed by atoms with E-state index in [2.05, 4.69) is 9.82 Å². The van der Waals surface area contributed by atoms with Crippen molar-refractivity contribution in [3.8, 4) is 11.5 Å². The lowest BCUT2D eigenvalue weighted by molar-refractivity contribution is 0.392. The van der Waals surface area contributed by atoms with E-state index in [0.29, 0.717) is 12.3 Å². The highest BCUT2D eigenvalue weighted by atomic mass is 32.2. The molecular weight excluding hydrogens is 366 g/mol. The van der Waals surface area contributed by atoms with Crippen LogP contribution in [-0.4, -0.2) is 32.4 Å². The number of ether oxygens (including phenoxy) is 2. The lowest BCUT2D eigenvalue weighted by atomic mass is 10.1. The van der Waals surface area contributed by atoms with E-state index in [0.717, 1.165) is 11.1 Å². The van der Waals surface area contributed by atoms with E-state index in [1.807, 2.05) is 36.5 Å². The number of methoxy groups -OCH3 is 2. The molecule has 1 heterocycles. The number of hydrogen-bond acceptors (Lipinski definition) is 5. The lowest BCUT2D eigenvalue weighted by Crippen LogP contribution is -2.24. The Morgan fingerprint density at radius 2 is 1.81 bits per heavy atom. The van der Waals surface area contributed by atoms with Gasteiger partial charge in [0, 0.05) is 25.0 Å². The molecule has 0 aliphatic carbocycles. The van der Waals surface area contributed by atoms with Gasteiger partial charge in [-0.1, -0.05) is 24.3 Å². The predicted molar refractivity (Wildman–Crippen MR) is 101 cm³/mol. The van der Waals surface area contributed by atoms with Gasteiger partial charge in [-0.25, -0.2) is 13.1 Å². The minimum absolute atomic E-state index is 0.0360. The number of sulfonamides is 1. The summed E-state index contributed by atoms with van der Waals surface area (Å²) < 4.78 is 40.4. The Morgan fingerprint density at radius 3 is 2.48 bits per heavy atom. The first-order chi connectivity index (χ1) is 13.0. The molecule has 0 fully saturated rings. The molecule has 1 N–H and O–H groups in total. The fraction of sp³-hybridized carbons (Fsp3) is 0.211. The van der Waals surface area contributed by atoms with Crippen LogP contribution in [0.4, 0.5) is 0 Å². The molecule has 0 aliphatic heterocycles. The standard InChI is InChI=1S/C19H21N3O4S/c1-25-17-8-9-18(26-2)19(12-17)27(23,24)21-13-15-6-3-4-7-16(15)14-22-11-5-10-20-22/h3-12,21H,13-14H2,1-2H3. The van der Waals surface area contributed by atoms with E-state index < -0.39 is 10.0 Å². The second-order valence-electron chi connectivity index (χ2n) is 5.81. The molecule has 0 amide bonds. The van der Waals surface area contributed by atoms with Crippen molar-refractivity contribution in [2.75, 3.05) is 14.2 Å². The number of nitrogens with one attached hydrogen (secondary N) is 1. The number of aromatic nitrogens is 2. The molecule has 0 saturated heterocycles. The molecule has 0 spiro atoms. The van der Waals surface area contributed by atoms with Crippen molar-refractivity contribution in [2.45, 2.75) is 18.0 Å². The van der Waals surface area contributed by atoms with Crippen molar-refractivity contribution in [2.24, 2.45) is 0 Å². The van der Waals surface area contributed by atoms with Crippen molar-refractivity contribution < 1.29 is 17.9 Å². The van der Waals surface area contributed by atoms with E-state index in [4.69, 9.17) is 9.47 Å². The van der Waals surface area contributed by atoms with Crippen LogP contribution in [0.25, 0.3) is 0 Å². The van der Waals surface area contributed by atoms with Gasteiger partial charge in [-0.05, 0) is 29.3 Å². The van der Waals surface area contributed by atoms with E-state index in [1.165, 1.54) is 20.3 Å². The topological polar surface area (TPSA) is 82.5 Å². The molecule has 7 nitrogen and oxygen atoms in total. The minimum atomic E-state index is -3.79. The molecule has 0 saturated carbocycles. The lowest BCUT2D eigenvalue weighted by Gasteiger charge is -2.14. The van der Waals surface area contributed by atoms with E-state index in [-0.39, 0.29) is 17.2 Å². The maximum atomic E-state index is 12.8. The Hall–Kier alpha value is -2.84. The first-order valence-electron chi connectivity index (χ1n) is 8.29. The average molecular weight is 387 g/mol. The number of benzene rings is 2. The van der Waals surface area contributed by atoms with Crippen LogP contribution < -0.4 is 14.2 Å². The van der Waals surface area contributed by atoms with Gasteiger partial charge in [0.1, 0.15) is 16.4 Å². The Kier molecular flexibility index (Phi) is 5.78. The molecule has 0 aliphatic rings. The van der Waals surface area contributed by atoms with Crippen molar-refractivity contribution >= 4 is 10.0 Å². The third-order valence-corrected chi connectivity index (χ3v) is 5.55.